The Balaban J connectivity index is 2.03. The lowest BCUT2D eigenvalue weighted by Gasteiger charge is -2.28. The fourth-order valence-corrected chi connectivity index (χ4v) is 3.46. The van der Waals surface area contributed by atoms with Gasteiger partial charge in [0.25, 0.3) is 0 Å². The fraction of sp³-hybridized carbons (Fsp3) is 0.520. The van der Waals surface area contributed by atoms with Crippen molar-refractivity contribution in [3.8, 4) is 0 Å². The normalized spacial score (nSPS) is 10.8. The summed E-state index contributed by atoms with van der Waals surface area (Å²) in [6, 6.07) is 13.9. The molecule has 2 aromatic rings. The van der Waals surface area contributed by atoms with Gasteiger partial charge in [-0.25, -0.2) is 0 Å². The minimum atomic E-state index is -0.0762. The minimum absolute atomic E-state index is 0.00994. The third-order valence-electron chi connectivity index (χ3n) is 5.39. The Kier molecular flexibility index (Phi) is 11.6. The number of carbonyl (C=O) groups is 2. The molecule has 7 heteroatoms. The van der Waals surface area contributed by atoms with E-state index in [-0.39, 0.29) is 18.4 Å². The van der Waals surface area contributed by atoms with E-state index < -0.39 is 0 Å². The number of amides is 2. The lowest BCUT2D eigenvalue weighted by molar-refractivity contribution is -0.141. The molecule has 7 nitrogen and oxygen atoms in total. The zero-order chi connectivity index (χ0) is 23.2. The zero-order valence-corrected chi connectivity index (χ0v) is 19.7. The largest absolute Gasteiger partial charge is 0.383 e. The van der Waals surface area contributed by atoms with Crippen LogP contribution in [0.5, 0.6) is 0 Å². The maximum absolute atomic E-state index is 13.2. The predicted molar refractivity (Wildman–Crippen MR) is 125 cm³/mol. The van der Waals surface area contributed by atoms with Crippen LogP contribution >= 0.6 is 0 Å². The second-order valence-corrected chi connectivity index (χ2v) is 7.77. The molecule has 0 atom stereocenters. The van der Waals surface area contributed by atoms with Gasteiger partial charge in [-0.2, -0.15) is 0 Å². The van der Waals surface area contributed by atoms with E-state index in [0.717, 1.165) is 11.3 Å². The summed E-state index contributed by atoms with van der Waals surface area (Å²) in [5.74, 6) is -0.0861. The van der Waals surface area contributed by atoms with Gasteiger partial charge in [-0.1, -0.05) is 30.3 Å². The molecule has 2 amide bonds. The van der Waals surface area contributed by atoms with Crippen LogP contribution in [0.4, 0.5) is 0 Å². The van der Waals surface area contributed by atoms with Crippen molar-refractivity contribution in [2.45, 2.75) is 32.7 Å². The molecule has 176 valence electrons. The molecule has 2 rings (SSSR count). The number of aromatic nitrogens is 1. The number of ether oxygens (including phenoxy) is 2. The highest BCUT2D eigenvalue weighted by molar-refractivity contribution is 5.85. The second-order valence-electron chi connectivity index (χ2n) is 7.77. The summed E-state index contributed by atoms with van der Waals surface area (Å²) in [5.41, 5.74) is 2.15. The van der Waals surface area contributed by atoms with Gasteiger partial charge in [-0.15, -0.1) is 0 Å². The van der Waals surface area contributed by atoms with Crippen LogP contribution in [-0.2, 0) is 39.1 Å². The van der Waals surface area contributed by atoms with Crippen molar-refractivity contribution >= 4 is 11.8 Å². The molecule has 0 bridgehead atoms. The van der Waals surface area contributed by atoms with Gasteiger partial charge in [0.15, 0.2) is 0 Å². The van der Waals surface area contributed by atoms with Gasteiger partial charge in [0.05, 0.1) is 19.7 Å². The van der Waals surface area contributed by atoms with Crippen molar-refractivity contribution in [2.24, 2.45) is 7.05 Å². The predicted octanol–water partition coefficient (Wildman–Crippen LogP) is 2.89. The summed E-state index contributed by atoms with van der Waals surface area (Å²) in [5, 5.41) is 0. The SMILES string of the molecule is CCOCCCN(CC(=O)N(CCOC)Cc1cccn1C)C(=O)CCc1ccccc1. The number of hydrogen-bond donors (Lipinski definition) is 0. The van der Waals surface area contributed by atoms with Crippen LogP contribution in [0.1, 0.15) is 31.0 Å². The van der Waals surface area contributed by atoms with Gasteiger partial charge in [-0.05, 0) is 37.5 Å². The number of benzene rings is 1. The van der Waals surface area contributed by atoms with Gasteiger partial charge in [0, 0.05) is 58.8 Å². The minimum Gasteiger partial charge on any atom is -0.383 e. The smallest absolute Gasteiger partial charge is 0.242 e. The Morgan fingerprint density at radius 2 is 1.75 bits per heavy atom. The summed E-state index contributed by atoms with van der Waals surface area (Å²) >= 11 is 0. The quantitative estimate of drug-likeness (QED) is 0.397. The van der Waals surface area contributed by atoms with Crippen LogP contribution in [0.2, 0.25) is 0 Å². The number of carbonyl (C=O) groups excluding carboxylic acids is 2. The maximum Gasteiger partial charge on any atom is 0.242 e. The molecule has 1 heterocycles. The molecule has 1 aromatic heterocycles. The highest BCUT2D eigenvalue weighted by Gasteiger charge is 2.22. The third kappa shape index (κ3) is 8.85. The van der Waals surface area contributed by atoms with Gasteiger partial charge in [0.1, 0.15) is 0 Å². The molecular weight excluding hydrogens is 406 g/mol. The Labute approximate surface area is 191 Å². The number of methoxy groups -OCH3 is 1. The highest BCUT2D eigenvalue weighted by atomic mass is 16.5. The van der Waals surface area contributed by atoms with Crippen molar-refractivity contribution in [3.63, 3.8) is 0 Å². The molecule has 0 unspecified atom stereocenters. The third-order valence-corrected chi connectivity index (χ3v) is 5.39. The maximum atomic E-state index is 13.2. The number of hydrogen-bond acceptors (Lipinski definition) is 4. The molecule has 32 heavy (non-hydrogen) atoms. The second kappa shape index (κ2) is 14.4. The molecule has 0 saturated heterocycles. The lowest BCUT2D eigenvalue weighted by atomic mass is 10.1. The van der Waals surface area contributed by atoms with Crippen molar-refractivity contribution in [1.82, 2.24) is 14.4 Å². The first-order chi connectivity index (χ1) is 15.5. The van der Waals surface area contributed by atoms with Crippen LogP contribution in [-0.4, -0.2) is 72.7 Å². The summed E-state index contributed by atoms with van der Waals surface area (Å²) < 4.78 is 12.6. The molecule has 0 saturated carbocycles. The number of aryl methyl sites for hydroxylation is 2. The monoisotopic (exact) mass is 443 g/mol. The van der Waals surface area contributed by atoms with E-state index in [1.165, 1.54) is 0 Å². The first kappa shape index (κ1) is 25.6. The van der Waals surface area contributed by atoms with E-state index in [1.807, 2.05) is 67.2 Å². The van der Waals surface area contributed by atoms with Crippen molar-refractivity contribution in [1.29, 1.82) is 0 Å². The summed E-state index contributed by atoms with van der Waals surface area (Å²) in [6.45, 7) is 5.13. The molecule has 0 aliphatic carbocycles. The van der Waals surface area contributed by atoms with Crippen LogP contribution in [0, 0.1) is 0 Å². The molecule has 0 spiro atoms. The van der Waals surface area contributed by atoms with Gasteiger partial charge in [-0.3, -0.25) is 9.59 Å². The average Bonchev–Trinajstić information content (AvgIpc) is 3.21. The first-order valence-corrected chi connectivity index (χ1v) is 11.3. The molecule has 0 radical (unpaired) electrons. The molecule has 0 fully saturated rings. The fourth-order valence-electron chi connectivity index (χ4n) is 3.46. The van der Waals surface area contributed by atoms with Crippen LogP contribution < -0.4 is 0 Å². The van der Waals surface area contributed by atoms with E-state index in [2.05, 4.69) is 0 Å². The Morgan fingerprint density at radius 1 is 0.969 bits per heavy atom. The van der Waals surface area contributed by atoms with Crippen LogP contribution in [0.3, 0.4) is 0 Å². The van der Waals surface area contributed by atoms with E-state index in [1.54, 1.807) is 16.9 Å². The summed E-state index contributed by atoms with van der Waals surface area (Å²) in [4.78, 5) is 29.6. The van der Waals surface area contributed by atoms with E-state index >= 15 is 0 Å². The molecule has 0 aliphatic heterocycles. The topological polar surface area (TPSA) is 64.0 Å². The zero-order valence-electron chi connectivity index (χ0n) is 19.7. The number of nitrogens with zero attached hydrogens (tertiary/aromatic N) is 3. The number of rotatable bonds is 15. The molecular formula is C25H37N3O4. The van der Waals surface area contributed by atoms with E-state index in [0.29, 0.717) is 58.7 Å². The Bertz CT molecular complexity index is 807. The van der Waals surface area contributed by atoms with E-state index in [4.69, 9.17) is 9.47 Å². The first-order valence-electron chi connectivity index (χ1n) is 11.3. The average molecular weight is 444 g/mol. The van der Waals surface area contributed by atoms with Crippen molar-refractivity contribution < 1.29 is 19.1 Å². The Morgan fingerprint density at radius 3 is 2.41 bits per heavy atom. The van der Waals surface area contributed by atoms with Crippen molar-refractivity contribution in [3.05, 3.63) is 59.9 Å². The van der Waals surface area contributed by atoms with E-state index in [9.17, 15) is 9.59 Å². The standard InChI is InChI=1S/C25H37N3O4/c1-4-32-18-9-16-27(24(29)14-13-22-10-6-5-7-11-22)21-25(30)28(17-19-31-3)20-23-12-8-15-26(23)2/h5-8,10-12,15H,4,9,13-14,16-21H2,1-3H3. The Hall–Kier alpha value is -2.64. The van der Waals surface area contributed by atoms with Gasteiger partial charge >= 0.3 is 0 Å². The van der Waals surface area contributed by atoms with Crippen LogP contribution in [0.15, 0.2) is 48.7 Å². The van der Waals surface area contributed by atoms with Crippen molar-refractivity contribution in [2.75, 3.05) is 46.6 Å². The molecule has 0 N–H and O–H groups in total. The van der Waals surface area contributed by atoms with Gasteiger partial charge in [0.2, 0.25) is 11.8 Å². The van der Waals surface area contributed by atoms with Crippen LogP contribution in [0.25, 0.3) is 0 Å². The van der Waals surface area contributed by atoms with Gasteiger partial charge < -0.3 is 23.8 Å². The molecule has 1 aromatic carbocycles. The molecule has 0 aliphatic rings. The highest BCUT2D eigenvalue weighted by Crippen LogP contribution is 2.09. The summed E-state index contributed by atoms with van der Waals surface area (Å²) in [6.07, 6.45) is 3.70. The lowest BCUT2D eigenvalue weighted by Crippen LogP contribution is -2.44. The summed E-state index contributed by atoms with van der Waals surface area (Å²) in [7, 11) is 3.58.